The first kappa shape index (κ1) is 13.0. The largest absolute Gasteiger partial charge is 0.342 e. The predicted molar refractivity (Wildman–Crippen MR) is 72.6 cm³/mol. The maximum Gasteiger partial charge on any atom is 0.342 e. The highest BCUT2D eigenvalue weighted by molar-refractivity contribution is 5.55. The Balaban J connectivity index is 2.18. The maximum absolute atomic E-state index is 11.5. The summed E-state index contributed by atoms with van der Waals surface area (Å²) >= 11 is 0. The lowest BCUT2D eigenvalue weighted by atomic mass is 10.1. The minimum absolute atomic E-state index is 0.0515. The summed E-state index contributed by atoms with van der Waals surface area (Å²) in [4.78, 5) is 24.4. The van der Waals surface area contributed by atoms with Crippen LogP contribution >= 0.6 is 0 Å². The summed E-state index contributed by atoms with van der Waals surface area (Å²) in [5, 5.41) is 8.68. The molecule has 7 nitrogen and oxygen atoms in total. The van der Waals surface area contributed by atoms with E-state index in [0.717, 1.165) is 24.1 Å². The molecule has 2 aromatic rings. The molecular weight excluding hydrogens is 246 g/mol. The van der Waals surface area contributed by atoms with Gasteiger partial charge in [-0.1, -0.05) is 12.1 Å². The molecule has 0 saturated carbocycles. The molecule has 0 bridgehead atoms. The van der Waals surface area contributed by atoms with Crippen LogP contribution in [0.3, 0.4) is 0 Å². The fourth-order valence-corrected chi connectivity index (χ4v) is 1.68. The van der Waals surface area contributed by atoms with Crippen molar-refractivity contribution >= 4 is 11.5 Å². The molecule has 0 unspecified atom stereocenters. The molecule has 0 amide bonds. The third kappa shape index (κ3) is 3.52. The number of hydrogen-bond acceptors (Lipinski definition) is 5. The van der Waals surface area contributed by atoms with Crippen molar-refractivity contribution in [2.24, 2.45) is 5.73 Å². The molecule has 0 radical (unpaired) electrons. The third-order valence-corrected chi connectivity index (χ3v) is 2.57. The zero-order valence-corrected chi connectivity index (χ0v) is 10.3. The van der Waals surface area contributed by atoms with Gasteiger partial charge in [0.25, 0.3) is 5.56 Å². The van der Waals surface area contributed by atoms with Crippen LogP contribution < -0.4 is 22.3 Å². The minimum Gasteiger partial charge on any atom is -0.334 e. The van der Waals surface area contributed by atoms with Crippen LogP contribution in [0, 0.1) is 0 Å². The summed E-state index contributed by atoms with van der Waals surface area (Å²) in [5.74, 6) is 0.0515. The van der Waals surface area contributed by atoms with Crippen LogP contribution in [0.15, 0.2) is 33.9 Å². The number of rotatable bonds is 5. The van der Waals surface area contributed by atoms with E-state index in [4.69, 9.17) is 5.73 Å². The van der Waals surface area contributed by atoms with Crippen molar-refractivity contribution < 1.29 is 0 Å². The zero-order chi connectivity index (χ0) is 13.7. The van der Waals surface area contributed by atoms with Crippen molar-refractivity contribution in [3.63, 3.8) is 0 Å². The Morgan fingerprint density at radius 1 is 1.32 bits per heavy atom. The van der Waals surface area contributed by atoms with E-state index in [1.54, 1.807) is 0 Å². The van der Waals surface area contributed by atoms with Crippen molar-refractivity contribution in [1.29, 1.82) is 0 Å². The normalized spacial score (nSPS) is 10.4. The van der Waals surface area contributed by atoms with Gasteiger partial charge < -0.3 is 11.1 Å². The fourth-order valence-electron chi connectivity index (χ4n) is 1.68. The van der Waals surface area contributed by atoms with E-state index in [0.29, 0.717) is 6.54 Å². The van der Waals surface area contributed by atoms with Gasteiger partial charge in [-0.3, -0.25) is 9.78 Å². The maximum atomic E-state index is 11.5. The second-order valence-corrected chi connectivity index (χ2v) is 4.07. The van der Waals surface area contributed by atoms with Gasteiger partial charge >= 0.3 is 5.69 Å². The number of nitrogens with one attached hydrogen (secondary N) is 3. The lowest BCUT2D eigenvalue weighted by Gasteiger charge is -2.06. The topological polar surface area (TPSA) is 117 Å². The molecule has 0 fully saturated rings. The van der Waals surface area contributed by atoms with E-state index >= 15 is 0 Å². The molecule has 0 saturated heterocycles. The number of nitrogens with two attached hydrogens (primary N) is 1. The number of H-pyrrole nitrogens is 2. The van der Waals surface area contributed by atoms with Crippen molar-refractivity contribution in [1.82, 2.24) is 15.2 Å². The number of aryl methyl sites for hydroxylation is 1. The summed E-state index contributed by atoms with van der Waals surface area (Å²) in [6.07, 6.45) is 1.78. The van der Waals surface area contributed by atoms with Crippen LogP contribution in [-0.2, 0) is 6.42 Å². The van der Waals surface area contributed by atoms with Gasteiger partial charge in [-0.15, -0.1) is 5.10 Å². The molecule has 100 valence electrons. The van der Waals surface area contributed by atoms with Crippen molar-refractivity contribution in [3.05, 3.63) is 50.7 Å². The van der Waals surface area contributed by atoms with Crippen LogP contribution in [0.25, 0.3) is 0 Å². The Morgan fingerprint density at radius 2 is 2.16 bits per heavy atom. The highest BCUT2D eigenvalue weighted by atomic mass is 16.2. The van der Waals surface area contributed by atoms with Crippen LogP contribution in [-0.4, -0.2) is 21.7 Å². The van der Waals surface area contributed by atoms with E-state index < -0.39 is 11.2 Å². The summed E-state index contributed by atoms with van der Waals surface area (Å²) in [7, 11) is 0. The van der Waals surface area contributed by atoms with Gasteiger partial charge in [0.05, 0.1) is 0 Å². The van der Waals surface area contributed by atoms with Gasteiger partial charge in [0.1, 0.15) is 0 Å². The minimum atomic E-state index is -0.632. The SMILES string of the molecule is NCCCc1cccc(Nc2n[nH]c(=O)[nH]c2=O)c1. The molecule has 2 rings (SSSR count). The molecule has 0 spiro atoms. The second-order valence-electron chi connectivity index (χ2n) is 4.07. The first-order valence-electron chi connectivity index (χ1n) is 5.94. The van der Waals surface area contributed by atoms with Gasteiger partial charge in [-0.05, 0) is 37.1 Å². The van der Waals surface area contributed by atoms with Gasteiger partial charge in [-0.2, -0.15) is 0 Å². The monoisotopic (exact) mass is 261 g/mol. The third-order valence-electron chi connectivity index (χ3n) is 2.57. The van der Waals surface area contributed by atoms with E-state index in [2.05, 4.69) is 20.5 Å². The van der Waals surface area contributed by atoms with Crippen LogP contribution in [0.1, 0.15) is 12.0 Å². The smallest absolute Gasteiger partial charge is 0.334 e. The quantitative estimate of drug-likeness (QED) is 0.608. The average molecular weight is 261 g/mol. The predicted octanol–water partition coefficient (Wildman–Crippen LogP) is 0.0931. The van der Waals surface area contributed by atoms with E-state index in [1.807, 2.05) is 24.3 Å². The number of hydrogen-bond donors (Lipinski definition) is 4. The van der Waals surface area contributed by atoms with E-state index in [9.17, 15) is 9.59 Å². The van der Waals surface area contributed by atoms with Gasteiger partial charge in [-0.25, -0.2) is 9.89 Å². The number of aromatic nitrogens is 3. The Labute approximate surface area is 108 Å². The first-order chi connectivity index (χ1) is 9.19. The molecule has 19 heavy (non-hydrogen) atoms. The van der Waals surface area contributed by atoms with Crippen molar-refractivity contribution in [2.75, 3.05) is 11.9 Å². The Kier molecular flexibility index (Phi) is 4.09. The van der Waals surface area contributed by atoms with Crippen LogP contribution in [0.2, 0.25) is 0 Å². The molecule has 5 N–H and O–H groups in total. The number of aromatic amines is 2. The Bertz CT molecular complexity index is 661. The summed E-state index contributed by atoms with van der Waals surface area (Å²) < 4.78 is 0. The highest BCUT2D eigenvalue weighted by Crippen LogP contribution is 2.14. The standard InChI is InChI=1S/C12H15N5O2/c13-6-2-4-8-3-1-5-9(7-8)14-10-11(18)15-12(19)17-16-10/h1,3,5,7H,2,4,6,13H2,(H,14,16)(H2,15,17,18,19). The molecule has 7 heteroatoms. The Morgan fingerprint density at radius 3 is 2.89 bits per heavy atom. The molecule has 1 heterocycles. The van der Waals surface area contributed by atoms with Crippen LogP contribution in [0.4, 0.5) is 11.5 Å². The second kappa shape index (κ2) is 5.96. The molecule has 1 aromatic heterocycles. The molecule has 0 aliphatic carbocycles. The molecular formula is C12H15N5O2. The number of nitrogens with zero attached hydrogens (tertiary/aromatic N) is 1. The Hall–Kier alpha value is -2.41. The summed E-state index contributed by atoms with van der Waals surface area (Å²) in [6.45, 7) is 0.638. The molecule has 0 atom stereocenters. The summed E-state index contributed by atoms with van der Waals surface area (Å²) in [5.41, 5.74) is 6.13. The zero-order valence-electron chi connectivity index (χ0n) is 10.3. The first-order valence-corrected chi connectivity index (χ1v) is 5.94. The van der Waals surface area contributed by atoms with Gasteiger partial charge in [0.15, 0.2) is 0 Å². The highest BCUT2D eigenvalue weighted by Gasteiger charge is 2.03. The molecule has 0 aliphatic rings. The average Bonchev–Trinajstić information content (AvgIpc) is 2.40. The van der Waals surface area contributed by atoms with Gasteiger partial charge in [0, 0.05) is 5.69 Å². The lowest BCUT2D eigenvalue weighted by Crippen LogP contribution is -2.25. The summed E-state index contributed by atoms with van der Waals surface area (Å²) in [6, 6.07) is 7.61. The fraction of sp³-hybridized carbons (Fsp3) is 0.250. The van der Waals surface area contributed by atoms with E-state index in [-0.39, 0.29) is 5.82 Å². The van der Waals surface area contributed by atoms with Gasteiger partial charge in [0.2, 0.25) is 5.82 Å². The molecule has 1 aromatic carbocycles. The van der Waals surface area contributed by atoms with Crippen molar-refractivity contribution in [2.45, 2.75) is 12.8 Å². The van der Waals surface area contributed by atoms with Crippen molar-refractivity contribution in [3.8, 4) is 0 Å². The molecule has 0 aliphatic heterocycles. The van der Waals surface area contributed by atoms with E-state index in [1.165, 1.54) is 0 Å². The lowest BCUT2D eigenvalue weighted by molar-refractivity contribution is 0.833. The number of benzene rings is 1. The number of anilines is 2. The van der Waals surface area contributed by atoms with Crippen LogP contribution in [0.5, 0.6) is 0 Å².